The van der Waals surface area contributed by atoms with Crippen LogP contribution in [-0.4, -0.2) is 28.6 Å². The monoisotopic (exact) mass is 421 g/mol. The summed E-state index contributed by atoms with van der Waals surface area (Å²) in [4.78, 5) is 16.0. The lowest BCUT2D eigenvalue weighted by atomic mass is 9.88. The molecule has 156 valence electrons. The molecule has 1 aliphatic rings. The smallest absolute Gasteiger partial charge is 0.303 e. The molecule has 1 N–H and O–H groups in total. The third kappa shape index (κ3) is 5.21. The zero-order valence-electron chi connectivity index (χ0n) is 16.8. The van der Waals surface area contributed by atoms with Crippen LogP contribution in [0.1, 0.15) is 52.3 Å². The van der Waals surface area contributed by atoms with E-state index in [0.717, 1.165) is 32.1 Å². The van der Waals surface area contributed by atoms with Crippen LogP contribution in [0.25, 0.3) is 5.57 Å². The molecule has 0 atom stereocenters. The van der Waals surface area contributed by atoms with Crippen molar-refractivity contribution in [1.29, 1.82) is 0 Å². The minimum Gasteiger partial charge on any atom is -0.489 e. The lowest BCUT2D eigenvalue weighted by Gasteiger charge is -2.27. The molecule has 3 rings (SSSR count). The number of ether oxygens (including phenoxy) is 1. The minimum atomic E-state index is -2.71. The number of alkyl halides is 2. The van der Waals surface area contributed by atoms with E-state index in [9.17, 15) is 13.6 Å². The summed E-state index contributed by atoms with van der Waals surface area (Å²) in [6.45, 7) is 5.85. The number of carbonyl (C=O) groups is 1. The molecule has 0 bridgehead atoms. The predicted octanol–water partition coefficient (Wildman–Crippen LogP) is 5.74. The van der Waals surface area contributed by atoms with Crippen molar-refractivity contribution in [2.24, 2.45) is 0 Å². The van der Waals surface area contributed by atoms with Gasteiger partial charge in [-0.3, -0.25) is 4.79 Å². The van der Waals surface area contributed by atoms with Crippen molar-refractivity contribution in [2.45, 2.75) is 58.8 Å². The van der Waals surface area contributed by atoms with Gasteiger partial charge in [0.1, 0.15) is 12.4 Å². The maximum atomic E-state index is 14.1. The zero-order chi connectivity index (χ0) is 21.2. The lowest BCUT2D eigenvalue weighted by Crippen LogP contribution is -2.24. The number of aromatic nitrogens is 1. The van der Waals surface area contributed by atoms with Crippen molar-refractivity contribution in [1.82, 2.24) is 4.98 Å². The number of benzene rings is 1. The lowest BCUT2D eigenvalue weighted by molar-refractivity contribution is -0.136. The Morgan fingerprint density at radius 2 is 2.03 bits per heavy atom. The van der Waals surface area contributed by atoms with E-state index in [1.54, 1.807) is 12.3 Å². The molecule has 7 heteroatoms. The van der Waals surface area contributed by atoms with E-state index in [1.807, 2.05) is 26.8 Å². The third-order valence-electron chi connectivity index (χ3n) is 5.42. The fraction of sp³-hybridized carbons (Fsp3) is 0.455. The van der Waals surface area contributed by atoms with Gasteiger partial charge in [-0.1, -0.05) is 6.07 Å². The first-order valence-electron chi connectivity index (χ1n) is 9.61. The quantitative estimate of drug-likeness (QED) is 0.620. The van der Waals surface area contributed by atoms with Gasteiger partial charge in [-0.05, 0) is 67.5 Å². The molecule has 2 aromatic rings. The number of thiazole rings is 1. The number of nitrogens with zero attached hydrogens (tertiary/aromatic N) is 1. The Kier molecular flexibility index (Phi) is 6.36. The molecular formula is C22H25F2NO3S. The van der Waals surface area contributed by atoms with Crippen molar-refractivity contribution >= 4 is 22.9 Å². The Balaban J connectivity index is 1.81. The number of carboxylic acids is 1. The molecule has 1 aliphatic carbocycles. The Morgan fingerprint density at radius 1 is 1.28 bits per heavy atom. The second-order valence-electron chi connectivity index (χ2n) is 7.51. The first-order chi connectivity index (χ1) is 13.7. The Bertz CT molecular complexity index is 950. The highest BCUT2D eigenvalue weighted by Gasteiger charge is 2.36. The van der Waals surface area contributed by atoms with E-state index in [-0.39, 0.29) is 25.9 Å². The average Bonchev–Trinajstić information content (AvgIpc) is 3.07. The Morgan fingerprint density at radius 3 is 2.69 bits per heavy atom. The second-order valence-corrected chi connectivity index (χ2v) is 8.75. The number of hydrogen-bond donors (Lipinski definition) is 1. The number of aliphatic carboxylic acids is 1. The van der Waals surface area contributed by atoms with Gasteiger partial charge in [0.15, 0.2) is 0 Å². The summed E-state index contributed by atoms with van der Waals surface area (Å²) in [6.07, 6.45) is 2.15. The minimum absolute atomic E-state index is 0.0695. The van der Waals surface area contributed by atoms with Gasteiger partial charge in [-0.2, -0.15) is 0 Å². The molecule has 0 spiro atoms. The molecule has 1 aromatic carbocycles. The fourth-order valence-electron chi connectivity index (χ4n) is 3.61. The second kappa shape index (κ2) is 8.61. The van der Waals surface area contributed by atoms with Crippen LogP contribution in [0.3, 0.4) is 0 Å². The van der Waals surface area contributed by atoms with Crippen LogP contribution in [0.15, 0.2) is 23.9 Å². The van der Waals surface area contributed by atoms with Gasteiger partial charge in [0.25, 0.3) is 5.92 Å². The molecule has 0 fully saturated rings. The van der Waals surface area contributed by atoms with Crippen LogP contribution in [0.2, 0.25) is 0 Å². The molecule has 0 amide bonds. The SMILES string of the molecule is Cc1ncc(C2=C(COc3ccc(CCC(=O)O)c(C)c3C)CC(F)(F)CC2)s1. The highest BCUT2D eigenvalue weighted by Crippen LogP contribution is 2.42. The maximum Gasteiger partial charge on any atom is 0.303 e. The molecule has 29 heavy (non-hydrogen) atoms. The van der Waals surface area contributed by atoms with Gasteiger partial charge in [0, 0.05) is 25.5 Å². The molecule has 4 nitrogen and oxygen atoms in total. The van der Waals surface area contributed by atoms with Gasteiger partial charge in [0.05, 0.1) is 9.88 Å². The topological polar surface area (TPSA) is 59.4 Å². The summed E-state index contributed by atoms with van der Waals surface area (Å²) in [5.74, 6) is -2.91. The zero-order valence-corrected chi connectivity index (χ0v) is 17.7. The van der Waals surface area contributed by atoms with E-state index in [0.29, 0.717) is 24.2 Å². The number of carboxylic acid groups (broad SMARTS) is 1. The van der Waals surface area contributed by atoms with Gasteiger partial charge in [-0.25, -0.2) is 13.8 Å². The number of hydrogen-bond acceptors (Lipinski definition) is 4. The van der Waals surface area contributed by atoms with Crippen LogP contribution >= 0.6 is 11.3 Å². The summed E-state index contributed by atoms with van der Waals surface area (Å²) in [7, 11) is 0. The van der Waals surface area contributed by atoms with Crippen molar-refractivity contribution in [3.05, 3.63) is 50.5 Å². The summed E-state index contributed by atoms with van der Waals surface area (Å²) in [5, 5.41) is 9.80. The molecule has 0 saturated heterocycles. The summed E-state index contributed by atoms with van der Waals surface area (Å²) in [5.41, 5.74) is 4.39. The molecule has 1 heterocycles. The molecule has 0 saturated carbocycles. The number of halogens is 2. The summed E-state index contributed by atoms with van der Waals surface area (Å²) >= 11 is 1.52. The fourth-order valence-corrected chi connectivity index (χ4v) is 4.51. The van der Waals surface area contributed by atoms with E-state index >= 15 is 0 Å². The van der Waals surface area contributed by atoms with Crippen molar-refractivity contribution in [3.63, 3.8) is 0 Å². The average molecular weight is 422 g/mol. The molecule has 0 unspecified atom stereocenters. The van der Waals surface area contributed by atoms with Crippen molar-refractivity contribution < 1.29 is 23.4 Å². The van der Waals surface area contributed by atoms with Gasteiger partial charge >= 0.3 is 5.97 Å². The number of aryl methyl sites for hydroxylation is 2. The summed E-state index contributed by atoms with van der Waals surface area (Å²) < 4.78 is 34.1. The maximum absolute atomic E-state index is 14.1. The van der Waals surface area contributed by atoms with Crippen LogP contribution in [0, 0.1) is 20.8 Å². The van der Waals surface area contributed by atoms with Gasteiger partial charge < -0.3 is 9.84 Å². The van der Waals surface area contributed by atoms with Gasteiger partial charge in [0.2, 0.25) is 0 Å². The Labute approximate surface area is 173 Å². The van der Waals surface area contributed by atoms with Crippen LogP contribution in [0.5, 0.6) is 5.75 Å². The molecular weight excluding hydrogens is 396 g/mol. The largest absolute Gasteiger partial charge is 0.489 e. The Hall–Kier alpha value is -2.28. The van der Waals surface area contributed by atoms with E-state index < -0.39 is 11.9 Å². The molecule has 0 aliphatic heterocycles. The normalized spacial score (nSPS) is 16.2. The third-order valence-corrected chi connectivity index (χ3v) is 6.39. The highest BCUT2D eigenvalue weighted by molar-refractivity contribution is 7.12. The van der Waals surface area contributed by atoms with E-state index in [1.165, 1.54) is 11.3 Å². The number of rotatable bonds is 7. The molecule has 1 aromatic heterocycles. The van der Waals surface area contributed by atoms with Crippen molar-refractivity contribution in [3.8, 4) is 5.75 Å². The van der Waals surface area contributed by atoms with Gasteiger partial charge in [-0.15, -0.1) is 11.3 Å². The first kappa shape index (κ1) is 21.4. The summed E-state index contributed by atoms with van der Waals surface area (Å²) in [6, 6.07) is 3.66. The number of allylic oxidation sites excluding steroid dienone is 1. The van der Waals surface area contributed by atoms with Crippen LogP contribution < -0.4 is 4.74 Å². The standard InChI is InChI=1S/C22H25F2NO3S/c1-13-14(2)19(6-4-16(13)5-7-21(26)27)28-12-17-10-22(23,24)9-8-18(17)20-11-25-15(3)29-20/h4,6,11H,5,7-10,12H2,1-3H3,(H,26,27). The predicted molar refractivity (Wildman–Crippen MR) is 110 cm³/mol. The van der Waals surface area contributed by atoms with Crippen LogP contribution in [0.4, 0.5) is 8.78 Å². The molecule has 0 radical (unpaired) electrons. The van der Waals surface area contributed by atoms with E-state index in [4.69, 9.17) is 9.84 Å². The van der Waals surface area contributed by atoms with E-state index in [2.05, 4.69) is 4.98 Å². The first-order valence-corrected chi connectivity index (χ1v) is 10.4. The highest BCUT2D eigenvalue weighted by atomic mass is 32.1. The van der Waals surface area contributed by atoms with Crippen LogP contribution in [-0.2, 0) is 11.2 Å². The van der Waals surface area contributed by atoms with Crippen molar-refractivity contribution in [2.75, 3.05) is 6.61 Å².